The molecule has 0 radical (unpaired) electrons. The minimum atomic E-state index is -0.114. The molecule has 0 fully saturated rings. The van der Waals surface area contributed by atoms with Gasteiger partial charge in [0.1, 0.15) is 5.75 Å². The van der Waals surface area contributed by atoms with Crippen molar-refractivity contribution in [1.82, 2.24) is 14.4 Å². The van der Waals surface area contributed by atoms with Crippen molar-refractivity contribution >= 4 is 45.3 Å². The van der Waals surface area contributed by atoms with Gasteiger partial charge in [0, 0.05) is 24.3 Å². The number of carbonyl (C=O) groups excluding carboxylic acids is 1. The average molecular weight is 411 g/mol. The van der Waals surface area contributed by atoms with Crippen molar-refractivity contribution in [1.29, 1.82) is 0 Å². The Morgan fingerprint density at radius 2 is 2.07 bits per heavy atom. The highest BCUT2D eigenvalue weighted by atomic mass is 32.2. The number of aromatic nitrogens is 3. The maximum atomic E-state index is 12.3. The predicted molar refractivity (Wildman–Crippen MR) is 113 cm³/mol. The molecule has 28 heavy (non-hydrogen) atoms. The number of anilines is 2. The van der Waals surface area contributed by atoms with Gasteiger partial charge in [-0.15, -0.1) is 11.3 Å². The Labute approximate surface area is 170 Å². The lowest BCUT2D eigenvalue weighted by Gasteiger charge is -2.20. The Bertz CT molecular complexity index is 1120. The van der Waals surface area contributed by atoms with Crippen LogP contribution in [0.5, 0.6) is 5.75 Å². The number of para-hydroxylation sites is 2. The molecule has 3 heterocycles. The Morgan fingerprint density at radius 1 is 1.25 bits per heavy atom. The standard InChI is InChI=1S/C20H18N4O2S2/c1-14(25)24(17-8-3-4-9-18(17)26-2)20-22-15(13-28-20)12-27-19-21-11-16-7-5-6-10-23(16)19/h3-11,13H,12H2,1-2H3. The number of thiazole rings is 1. The van der Waals surface area contributed by atoms with Crippen molar-refractivity contribution in [2.75, 3.05) is 12.0 Å². The average Bonchev–Trinajstić information content (AvgIpc) is 3.34. The topological polar surface area (TPSA) is 59.7 Å². The van der Waals surface area contributed by atoms with Crippen molar-refractivity contribution in [2.45, 2.75) is 17.8 Å². The van der Waals surface area contributed by atoms with E-state index in [1.165, 1.54) is 18.3 Å². The Kier molecular flexibility index (Phi) is 5.31. The first-order chi connectivity index (χ1) is 13.7. The van der Waals surface area contributed by atoms with Crippen molar-refractivity contribution in [3.05, 3.63) is 65.9 Å². The number of carbonyl (C=O) groups is 1. The van der Waals surface area contributed by atoms with Gasteiger partial charge in [-0.2, -0.15) is 0 Å². The van der Waals surface area contributed by atoms with Crippen molar-refractivity contribution in [3.63, 3.8) is 0 Å². The molecule has 0 aliphatic rings. The van der Waals surface area contributed by atoms with E-state index < -0.39 is 0 Å². The van der Waals surface area contributed by atoms with Crippen molar-refractivity contribution < 1.29 is 9.53 Å². The monoisotopic (exact) mass is 410 g/mol. The normalized spacial score (nSPS) is 10.9. The number of nitrogens with zero attached hydrogens (tertiary/aromatic N) is 4. The minimum Gasteiger partial charge on any atom is -0.495 e. The summed E-state index contributed by atoms with van der Waals surface area (Å²) in [6.07, 6.45) is 3.85. The van der Waals surface area contributed by atoms with Gasteiger partial charge in [-0.3, -0.25) is 14.1 Å². The van der Waals surface area contributed by atoms with Crippen LogP contribution in [0.3, 0.4) is 0 Å². The molecule has 0 saturated carbocycles. The van der Waals surface area contributed by atoms with Crippen LogP contribution in [0.15, 0.2) is 65.4 Å². The van der Waals surface area contributed by atoms with E-state index in [0.29, 0.717) is 22.3 Å². The number of imidazole rings is 1. The summed E-state index contributed by atoms with van der Waals surface area (Å²) in [7, 11) is 1.59. The first-order valence-electron chi connectivity index (χ1n) is 8.60. The fourth-order valence-corrected chi connectivity index (χ4v) is 4.69. The highest BCUT2D eigenvalue weighted by Gasteiger charge is 2.21. The van der Waals surface area contributed by atoms with Gasteiger partial charge in [0.25, 0.3) is 0 Å². The Balaban J connectivity index is 1.56. The molecule has 0 aliphatic heterocycles. The van der Waals surface area contributed by atoms with Crippen LogP contribution in [0.1, 0.15) is 12.6 Å². The molecule has 0 atom stereocenters. The smallest absolute Gasteiger partial charge is 0.230 e. The van der Waals surface area contributed by atoms with Crippen LogP contribution < -0.4 is 9.64 Å². The number of benzene rings is 1. The van der Waals surface area contributed by atoms with E-state index in [1.807, 2.05) is 60.2 Å². The second-order valence-corrected chi connectivity index (χ2v) is 7.75. The fourth-order valence-electron chi connectivity index (χ4n) is 2.85. The highest BCUT2D eigenvalue weighted by Crippen LogP contribution is 2.36. The molecule has 6 nitrogen and oxygen atoms in total. The first-order valence-corrected chi connectivity index (χ1v) is 10.5. The molecule has 4 rings (SSSR count). The number of fused-ring (bicyclic) bond motifs is 1. The molecule has 0 saturated heterocycles. The third-order valence-electron chi connectivity index (χ3n) is 4.13. The van der Waals surface area contributed by atoms with Gasteiger partial charge in [0.05, 0.1) is 30.2 Å². The van der Waals surface area contributed by atoms with Crippen LogP contribution in [0, 0.1) is 0 Å². The lowest BCUT2D eigenvalue weighted by molar-refractivity contribution is -0.115. The molecular formula is C20H18N4O2S2. The molecular weight excluding hydrogens is 392 g/mol. The van der Waals surface area contributed by atoms with Crippen LogP contribution in [0.4, 0.5) is 10.8 Å². The zero-order chi connectivity index (χ0) is 19.5. The quantitative estimate of drug-likeness (QED) is 0.428. The molecule has 3 aromatic heterocycles. The van der Waals surface area contributed by atoms with E-state index >= 15 is 0 Å². The number of pyridine rings is 1. The largest absolute Gasteiger partial charge is 0.495 e. The van der Waals surface area contributed by atoms with Gasteiger partial charge in [-0.05, 0) is 24.3 Å². The second-order valence-electron chi connectivity index (χ2n) is 5.97. The van der Waals surface area contributed by atoms with E-state index in [2.05, 4.69) is 14.4 Å². The second kappa shape index (κ2) is 8.04. The third kappa shape index (κ3) is 3.61. The van der Waals surface area contributed by atoms with Crippen LogP contribution in [-0.4, -0.2) is 27.4 Å². The summed E-state index contributed by atoms with van der Waals surface area (Å²) in [5, 5.41) is 3.52. The Morgan fingerprint density at radius 3 is 2.89 bits per heavy atom. The van der Waals surface area contributed by atoms with Gasteiger partial charge in [0.2, 0.25) is 5.91 Å². The predicted octanol–water partition coefficient (Wildman–Crippen LogP) is 4.78. The fraction of sp³-hybridized carbons (Fsp3) is 0.150. The zero-order valence-electron chi connectivity index (χ0n) is 15.4. The van der Waals surface area contributed by atoms with E-state index in [1.54, 1.807) is 23.8 Å². The molecule has 1 amide bonds. The summed E-state index contributed by atoms with van der Waals surface area (Å²) in [6.45, 7) is 1.53. The van der Waals surface area contributed by atoms with Gasteiger partial charge < -0.3 is 4.74 Å². The molecule has 142 valence electrons. The number of methoxy groups -OCH3 is 1. The molecule has 4 aromatic rings. The van der Waals surface area contributed by atoms with Crippen LogP contribution >= 0.6 is 23.1 Å². The molecule has 0 N–H and O–H groups in total. The van der Waals surface area contributed by atoms with Gasteiger partial charge in [0.15, 0.2) is 10.3 Å². The van der Waals surface area contributed by atoms with Crippen LogP contribution in [0.2, 0.25) is 0 Å². The lowest BCUT2D eigenvalue weighted by Crippen LogP contribution is -2.23. The van der Waals surface area contributed by atoms with Gasteiger partial charge in [-0.1, -0.05) is 30.0 Å². The summed E-state index contributed by atoms with van der Waals surface area (Å²) in [5.41, 5.74) is 2.65. The number of hydrogen-bond donors (Lipinski definition) is 0. The summed E-state index contributed by atoms with van der Waals surface area (Å²) < 4.78 is 7.46. The molecule has 8 heteroatoms. The molecule has 0 spiro atoms. The van der Waals surface area contributed by atoms with E-state index in [-0.39, 0.29) is 5.91 Å². The summed E-state index contributed by atoms with van der Waals surface area (Å²) in [4.78, 5) is 23.1. The highest BCUT2D eigenvalue weighted by molar-refractivity contribution is 7.98. The van der Waals surface area contributed by atoms with Crippen LogP contribution in [-0.2, 0) is 10.5 Å². The van der Waals surface area contributed by atoms with Crippen LogP contribution in [0.25, 0.3) is 5.52 Å². The van der Waals surface area contributed by atoms with Crippen molar-refractivity contribution in [3.8, 4) is 5.75 Å². The van der Waals surface area contributed by atoms with Gasteiger partial charge in [-0.25, -0.2) is 9.97 Å². The summed E-state index contributed by atoms with van der Waals surface area (Å²) >= 11 is 3.05. The van der Waals surface area contributed by atoms with Gasteiger partial charge >= 0.3 is 0 Å². The number of amides is 1. The maximum Gasteiger partial charge on any atom is 0.230 e. The number of rotatable bonds is 6. The zero-order valence-corrected chi connectivity index (χ0v) is 17.0. The van der Waals surface area contributed by atoms with E-state index in [9.17, 15) is 4.79 Å². The van der Waals surface area contributed by atoms with Crippen molar-refractivity contribution in [2.24, 2.45) is 0 Å². The number of hydrogen-bond acceptors (Lipinski definition) is 6. The maximum absolute atomic E-state index is 12.3. The molecule has 0 unspecified atom stereocenters. The number of ether oxygens (including phenoxy) is 1. The minimum absolute atomic E-state index is 0.114. The Hall–Kier alpha value is -2.84. The number of thioether (sulfide) groups is 1. The molecule has 0 aliphatic carbocycles. The van der Waals surface area contributed by atoms with E-state index in [4.69, 9.17) is 4.74 Å². The van der Waals surface area contributed by atoms with E-state index in [0.717, 1.165) is 16.4 Å². The lowest BCUT2D eigenvalue weighted by atomic mass is 10.2. The molecule has 1 aromatic carbocycles. The SMILES string of the molecule is COc1ccccc1N(C(C)=O)c1nc(CSc2ncc3ccccn23)cs1. The first kappa shape index (κ1) is 18.5. The summed E-state index contributed by atoms with van der Waals surface area (Å²) in [6, 6.07) is 13.4. The molecule has 0 bridgehead atoms. The third-order valence-corrected chi connectivity index (χ3v) is 6.00. The summed E-state index contributed by atoms with van der Waals surface area (Å²) in [5.74, 6) is 1.19.